The second kappa shape index (κ2) is 6.42. The molecule has 1 aromatic carbocycles. The van der Waals surface area contributed by atoms with Gasteiger partial charge in [0.1, 0.15) is 5.82 Å². The second-order valence-electron chi connectivity index (χ2n) is 7.52. The van der Waals surface area contributed by atoms with Crippen molar-refractivity contribution in [1.29, 1.82) is 0 Å². The standard InChI is InChI=1S/C20H22N6OS/c1-13-8-14(9-15-11-24(3)22-19(13)15)16-12-26-18(27)10-17(21-20(26)28-16)25-6-4-23(2)5-7-25/h8-12H,4-7H2,1-3H3. The molecule has 28 heavy (non-hydrogen) atoms. The fraction of sp³-hybridized carbons (Fsp3) is 0.350. The third-order valence-electron chi connectivity index (χ3n) is 5.38. The summed E-state index contributed by atoms with van der Waals surface area (Å²) in [5.74, 6) is 0.783. The number of rotatable bonds is 2. The highest BCUT2D eigenvalue weighted by Gasteiger charge is 2.18. The lowest BCUT2D eigenvalue weighted by molar-refractivity contribution is 0.312. The summed E-state index contributed by atoms with van der Waals surface area (Å²) in [5.41, 5.74) is 3.21. The molecule has 0 amide bonds. The molecule has 1 saturated heterocycles. The fourth-order valence-corrected chi connectivity index (χ4v) is 4.76. The van der Waals surface area contributed by atoms with Crippen LogP contribution in [0.4, 0.5) is 5.82 Å². The average molecular weight is 395 g/mol. The van der Waals surface area contributed by atoms with Crippen LogP contribution in [0.3, 0.4) is 0 Å². The Hall–Kier alpha value is -2.71. The van der Waals surface area contributed by atoms with Crippen LogP contribution in [0.2, 0.25) is 0 Å². The van der Waals surface area contributed by atoms with Crippen molar-refractivity contribution in [2.75, 3.05) is 38.1 Å². The summed E-state index contributed by atoms with van der Waals surface area (Å²) in [5, 5.41) is 5.62. The van der Waals surface area contributed by atoms with E-state index in [0.717, 1.165) is 63.9 Å². The number of anilines is 1. The van der Waals surface area contributed by atoms with Gasteiger partial charge in [0.05, 0.1) is 10.4 Å². The molecular formula is C20H22N6OS. The van der Waals surface area contributed by atoms with E-state index in [0.29, 0.717) is 0 Å². The molecule has 0 atom stereocenters. The minimum Gasteiger partial charge on any atom is -0.354 e. The Morgan fingerprint density at radius 2 is 1.82 bits per heavy atom. The Kier molecular flexibility index (Phi) is 3.99. The molecule has 8 heteroatoms. The first kappa shape index (κ1) is 17.4. The third-order valence-corrected chi connectivity index (χ3v) is 6.41. The molecule has 3 aromatic heterocycles. The van der Waals surface area contributed by atoms with Crippen LogP contribution >= 0.6 is 11.3 Å². The molecule has 0 unspecified atom stereocenters. The normalized spacial score (nSPS) is 15.8. The van der Waals surface area contributed by atoms with E-state index >= 15 is 0 Å². The van der Waals surface area contributed by atoms with Gasteiger partial charge in [0.15, 0.2) is 4.96 Å². The van der Waals surface area contributed by atoms with Gasteiger partial charge in [0.2, 0.25) is 0 Å². The minimum atomic E-state index is -0.0272. The van der Waals surface area contributed by atoms with Crippen LogP contribution in [-0.2, 0) is 7.05 Å². The number of aryl methyl sites for hydroxylation is 2. The Morgan fingerprint density at radius 3 is 2.61 bits per heavy atom. The lowest BCUT2D eigenvalue weighted by Crippen LogP contribution is -2.45. The molecule has 0 radical (unpaired) electrons. The van der Waals surface area contributed by atoms with Crippen molar-refractivity contribution < 1.29 is 0 Å². The molecule has 1 aliphatic heterocycles. The van der Waals surface area contributed by atoms with Crippen molar-refractivity contribution >= 4 is 33.0 Å². The molecule has 0 N–H and O–H groups in total. The maximum Gasteiger partial charge on any atom is 0.260 e. The Bertz CT molecular complexity index is 1250. The van der Waals surface area contributed by atoms with Gasteiger partial charge in [0.25, 0.3) is 5.56 Å². The van der Waals surface area contributed by atoms with Gasteiger partial charge in [-0.25, -0.2) is 4.98 Å². The number of aromatic nitrogens is 4. The predicted molar refractivity (Wildman–Crippen MR) is 113 cm³/mol. The van der Waals surface area contributed by atoms with Gasteiger partial charge < -0.3 is 9.80 Å². The van der Waals surface area contributed by atoms with Crippen LogP contribution < -0.4 is 10.5 Å². The molecule has 0 spiro atoms. The average Bonchev–Trinajstić information content (AvgIpc) is 3.25. The highest BCUT2D eigenvalue weighted by molar-refractivity contribution is 7.20. The van der Waals surface area contributed by atoms with Crippen molar-refractivity contribution in [3.8, 4) is 10.4 Å². The van der Waals surface area contributed by atoms with Crippen molar-refractivity contribution in [1.82, 2.24) is 24.1 Å². The van der Waals surface area contributed by atoms with Gasteiger partial charge in [0, 0.05) is 57.1 Å². The van der Waals surface area contributed by atoms with E-state index in [1.54, 1.807) is 21.8 Å². The van der Waals surface area contributed by atoms with Crippen molar-refractivity contribution in [3.63, 3.8) is 0 Å². The summed E-state index contributed by atoms with van der Waals surface area (Å²) < 4.78 is 3.49. The van der Waals surface area contributed by atoms with Crippen LogP contribution in [0.15, 0.2) is 35.4 Å². The maximum atomic E-state index is 12.7. The number of fused-ring (bicyclic) bond motifs is 2. The van der Waals surface area contributed by atoms with Crippen molar-refractivity contribution in [2.24, 2.45) is 7.05 Å². The second-order valence-corrected chi connectivity index (χ2v) is 8.53. The summed E-state index contributed by atoms with van der Waals surface area (Å²) in [4.78, 5) is 23.8. The van der Waals surface area contributed by atoms with Crippen LogP contribution in [0.25, 0.3) is 26.3 Å². The van der Waals surface area contributed by atoms with Gasteiger partial charge in [-0.15, -0.1) is 0 Å². The summed E-state index contributed by atoms with van der Waals surface area (Å²) in [7, 11) is 4.05. The van der Waals surface area contributed by atoms with Crippen LogP contribution in [0, 0.1) is 6.92 Å². The zero-order valence-corrected chi connectivity index (χ0v) is 17.0. The van der Waals surface area contributed by atoms with E-state index < -0.39 is 0 Å². The molecule has 144 valence electrons. The van der Waals surface area contributed by atoms with Gasteiger partial charge >= 0.3 is 0 Å². The minimum absolute atomic E-state index is 0.0272. The van der Waals surface area contributed by atoms with Crippen LogP contribution in [0.5, 0.6) is 0 Å². The SMILES string of the molecule is Cc1cc(-c2cn3c(=O)cc(N4CCN(C)CC4)nc3s2)cc2cn(C)nc12. The molecule has 0 bridgehead atoms. The highest BCUT2D eigenvalue weighted by Crippen LogP contribution is 2.31. The summed E-state index contributed by atoms with van der Waals surface area (Å²) in [6.45, 7) is 5.84. The summed E-state index contributed by atoms with van der Waals surface area (Å²) >= 11 is 1.55. The molecular weight excluding hydrogens is 372 g/mol. The van der Waals surface area contributed by atoms with E-state index in [9.17, 15) is 4.79 Å². The molecule has 1 fully saturated rings. The van der Waals surface area contributed by atoms with Crippen LogP contribution in [0.1, 0.15) is 5.56 Å². The van der Waals surface area contributed by atoms with Crippen LogP contribution in [-0.4, -0.2) is 57.3 Å². The third kappa shape index (κ3) is 2.89. The zero-order valence-electron chi connectivity index (χ0n) is 16.2. The Balaban J connectivity index is 1.58. The lowest BCUT2D eigenvalue weighted by Gasteiger charge is -2.32. The quantitative estimate of drug-likeness (QED) is 0.522. The first-order chi connectivity index (χ1) is 13.5. The van der Waals surface area contributed by atoms with Gasteiger partial charge in [-0.3, -0.25) is 13.9 Å². The smallest absolute Gasteiger partial charge is 0.260 e. The first-order valence-electron chi connectivity index (χ1n) is 9.39. The largest absolute Gasteiger partial charge is 0.354 e. The number of likely N-dealkylation sites (N-methyl/N-ethyl adjacent to an activating group) is 1. The fourth-order valence-electron chi connectivity index (χ4n) is 3.79. The van der Waals surface area contributed by atoms with E-state index in [1.165, 1.54) is 0 Å². The molecule has 4 heterocycles. The van der Waals surface area contributed by atoms with Gasteiger partial charge in [-0.2, -0.15) is 5.10 Å². The number of piperazine rings is 1. The summed E-state index contributed by atoms with van der Waals surface area (Å²) in [6.07, 6.45) is 3.93. The summed E-state index contributed by atoms with van der Waals surface area (Å²) in [6, 6.07) is 5.92. The number of benzene rings is 1. The molecule has 1 aliphatic rings. The zero-order chi connectivity index (χ0) is 19.4. The molecule has 4 aromatic rings. The van der Waals surface area contributed by atoms with Gasteiger partial charge in [-0.1, -0.05) is 11.3 Å². The Morgan fingerprint density at radius 1 is 1.04 bits per heavy atom. The maximum absolute atomic E-state index is 12.7. The highest BCUT2D eigenvalue weighted by atomic mass is 32.1. The molecule has 0 saturated carbocycles. The predicted octanol–water partition coefficient (Wildman–Crippen LogP) is 2.37. The Labute approximate surface area is 166 Å². The lowest BCUT2D eigenvalue weighted by atomic mass is 10.1. The topological polar surface area (TPSA) is 58.7 Å². The van der Waals surface area contributed by atoms with E-state index in [2.05, 4.69) is 41.0 Å². The number of hydrogen-bond donors (Lipinski definition) is 0. The van der Waals surface area contributed by atoms with Gasteiger partial charge in [-0.05, 0) is 37.2 Å². The number of thiazole rings is 1. The number of hydrogen-bond acceptors (Lipinski definition) is 6. The van der Waals surface area contributed by atoms with E-state index in [1.807, 2.05) is 24.1 Å². The molecule has 7 nitrogen and oxygen atoms in total. The monoisotopic (exact) mass is 394 g/mol. The number of nitrogens with zero attached hydrogens (tertiary/aromatic N) is 6. The van der Waals surface area contributed by atoms with E-state index in [-0.39, 0.29) is 5.56 Å². The first-order valence-corrected chi connectivity index (χ1v) is 10.2. The van der Waals surface area contributed by atoms with Crippen molar-refractivity contribution in [3.05, 3.63) is 46.5 Å². The van der Waals surface area contributed by atoms with Crippen molar-refractivity contribution in [2.45, 2.75) is 6.92 Å². The molecule has 5 rings (SSSR count). The molecule has 0 aliphatic carbocycles. The van der Waals surface area contributed by atoms with E-state index in [4.69, 9.17) is 4.98 Å².